The minimum absolute atomic E-state index is 0.201. The van der Waals surface area contributed by atoms with Crippen LogP contribution in [0, 0.1) is 0 Å². The molecule has 0 fully saturated rings. The number of rotatable bonds is 5. The first-order chi connectivity index (χ1) is 10.9. The van der Waals surface area contributed by atoms with Gasteiger partial charge in [0.25, 0.3) is 0 Å². The quantitative estimate of drug-likeness (QED) is 0.848. The summed E-state index contributed by atoms with van der Waals surface area (Å²) < 4.78 is 6.55. The number of carbonyl (C=O) groups is 2. The first-order valence-corrected chi connectivity index (χ1v) is 7.41. The van der Waals surface area contributed by atoms with E-state index < -0.39 is 12.0 Å². The molecule has 1 atom stereocenters. The SMILES string of the molecule is CC(C)OC(=O)c1cc(NC(=O)[C@H](C)n2cncn2)ccc1Cl. The summed E-state index contributed by atoms with van der Waals surface area (Å²) in [6.07, 6.45) is 2.55. The zero-order chi connectivity index (χ0) is 17.0. The fourth-order valence-electron chi connectivity index (χ4n) is 1.82. The van der Waals surface area contributed by atoms with E-state index >= 15 is 0 Å². The van der Waals surface area contributed by atoms with Crippen molar-refractivity contribution in [1.29, 1.82) is 0 Å². The summed E-state index contributed by atoms with van der Waals surface area (Å²) in [5.74, 6) is -0.827. The average molecular weight is 337 g/mol. The lowest BCUT2D eigenvalue weighted by Crippen LogP contribution is -2.24. The standard InChI is InChI=1S/C15H17ClN4O3/c1-9(2)23-15(22)12-6-11(4-5-13(12)16)19-14(21)10(3)20-8-17-7-18-20/h4-10H,1-3H3,(H,19,21)/t10-/m0/s1. The van der Waals surface area contributed by atoms with Crippen LogP contribution >= 0.6 is 11.6 Å². The first kappa shape index (κ1) is 17.0. The number of hydrogen-bond acceptors (Lipinski definition) is 5. The Balaban J connectivity index is 2.14. The van der Waals surface area contributed by atoms with E-state index in [1.54, 1.807) is 26.8 Å². The van der Waals surface area contributed by atoms with Crippen LogP contribution in [0.4, 0.5) is 5.69 Å². The Labute approximate surface area is 138 Å². The smallest absolute Gasteiger partial charge is 0.339 e. The molecule has 0 saturated heterocycles. The van der Waals surface area contributed by atoms with Crippen molar-refractivity contribution >= 4 is 29.2 Å². The van der Waals surface area contributed by atoms with Gasteiger partial charge in [0.2, 0.25) is 5.91 Å². The molecule has 1 amide bonds. The second kappa shape index (κ2) is 7.23. The molecular weight excluding hydrogens is 320 g/mol. The van der Waals surface area contributed by atoms with Crippen LogP contribution in [0.2, 0.25) is 5.02 Å². The summed E-state index contributed by atoms with van der Waals surface area (Å²) in [6.45, 7) is 5.18. The van der Waals surface area contributed by atoms with Crippen molar-refractivity contribution in [3.8, 4) is 0 Å². The molecule has 0 bridgehead atoms. The van der Waals surface area contributed by atoms with Crippen molar-refractivity contribution < 1.29 is 14.3 Å². The predicted molar refractivity (Wildman–Crippen MR) is 85.4 cm³/mol. The van der Waals surface area contributed by atoms with Gasteiger partial charge in [0.05, 0.1) is 16.7 Å². The van der Waals surface area contributed by atoms with Crippen LogP contribution in [0.3, 0.4) is 0 Å². The van der Waals surface area contributed by atoms with Gasteiger partial charge in [-0.2, -0.15) is 5.10 Å². The molecule has 1 N–H and O–H groups in total. The second-order valence-corrected chi connectivity index (χ2v) is 5.60. The molecule has 0 aliphatic heterocycles. The van der Waals surface area contributed by atoms with E-state index in [1.807, 2.05) is 0 Å². The van der Waals surface area contributed by atoms with Crippen LogP contribution in [0.25, 0.3) is 0 Å². The van der Waals surface area contributed by atoms with E-state index in [4.69, 9.17) is 16.3 Å². The van der Waals surface area contributed by atoms with Crippen LogP contribution in [0.15, 0.2) is 30.9 Å². The Bertz CT molecular complexity index is 701. The molecule has 2 aromatic rings. The van der Waals surface area contributed by atoms with Crippen molar-refractivity contribution in [2.24, 2.45) is 0 Å². The zero-order valence-electron chi connectivity index (χ0n) is 13.0. The summed E-state index contributed by atoms with van der Waals surface area (Å²) in [5, 5.41) is 6.89. The molecule has 0 aliphatic carbocycles. The molecule has 7 nitrogen and oxygen atoms in total. The number of halogens is 1. The summed E-state index contributed by atoms with van der Waals surface area (Å²) in [6, 6.07) is 4.09. The molecule has 0 aliphatic rings. The van der Waals surface area contributed by atoms with Crippen molar-refractivity contribution in [3.63, 3.8) is 0 Å². The van der Waals surface area contributed by atoms with Gasteiger partial charge >= 0.3 is 5.97 Å². The van der Waals surface area contributed by atoms with Gasteiger partial charge in [-0.15, -0.1) is 0 Å². The number of benzene rings is 1. The lowest BCUT2D eigenvalue weighted by molar-refractivity contribution is -0.119. The summed E-state index contributed by atoms with van der Waals surface area (Å²) >= 11 is 6.02. The third-order valence-corrected chi connectivity index (χ3v) is 3.34. The van der Waals surface area contributed by atoms with E-state index in [0.717, 1.165) is 0 Å². The highest BCUT2D eigenvalue weighted by Gasteiger charge is 2.18. The van der Waals surface area contributed by atoms with E-state index in [1.165, 1.54) is 29.5 Å². The number of nitrogens with zero attached hydrogens (tertiary/aromatic N) is 3. The normalized spacial score (nSPS) is 12.0. The molecule has 0 radical (unpaired) electrons. The number of hydrogen-bond donors (Lipinski definition) is 1. The molecule has 1 aromatic carbocycles. The summed E-state index contributed by atoms with van der Waals surface area (Å²) in [4.78, 5) is 28.0. The second-order valence-electron chi connectivity index (χ2n) is 5.19. The van der Waals surface area contributed by atoms with Crippen LogP contribution in [0.5, 0.6) is 0 Å². The number of esters is 1. The highest BCUT2D eigenvalue weighted by molar-refractivity contribution is 6.33. The first-order valence-electron chi connectivity index (χ1n) is 7.04. The van der Waals surface area contributed by atoms with Gasteiger partial charge in [-0.3, -0.25) is 4.79 Å². The fraction of sp³-hybridized carbons (Fsp3) is 0.333. The minimum atomic E-state index is -0.542. The fourth-order valence-corrected chi connectivity index (χ4v) is 2.02. The number of anilines is 1. The Kier molecular flexibility index (Phi) is 5.33. The Hall–Kier alpha value is -2.41. The molecule has 122 valence electrons. The van der Waals surface area contributed by atoms with Gasteiger partial charge in [0.1, 0.15) is 18.7 Å². The van der Waals surface area contributed by atoms with E-state index in [2.05, 4.69) is 15.4 Å². The molecule has 0 saturated carbocycles. The number of carbonyl (C=O) groups excluding carboxylic acids is 2. The molecule has 0 unspecified atom stereocenters. The number of amides is 1. The van der Waals surface area contributed by atoms with E-state index in [9.17, 15) is 9.59 Å². The van der Waals surface area contributed by atoms with Gasteiger partial charge in [0, 0.05) is 5.69 Å². The lowest BCUT2D eigenvalue weighted by atomic mass is 10.2. The molecule has 1 heterocycles. The largest absolute Gasteiger partial charge is 0.459 e. The van der Waals surface area contributed by atoms with Gasteiger partial charge < -0.3 is 10.1 Å². The number of aromatic nitrogens is 3. The molecule has 1 aromatic heterocycles. The van der Waals surface area contributed by atoms with E-state index in [0.29, 0.717) is 5.69 Å². The molecule has 2 rings (SSSR count). The average Bonchev–Trinajstić information content (AvgIpc) is 3.01. The highest BCUT2D eigenvalue weighted by Crippen LogP contribution is 2.22. The van der Waals surface area contributed by atoms with Crippen LogP contribution in [-0.4, -0.2) is 32.7 Å². The van der Waals surface area contributed by atoms with Gasteiger partial charge in [0.15, 0.2) is 0 Å². The topological polar surface area (TPSA) is 86.1 Å². The Morgan fingerprint density at radius 1 is 1.30 bits per heavy atom. The number of ether oxygens (including phenoxy) is 1. The Morgan fingerprint density at radius 2 is 2.04 bits per heavy atom. The van der Waals surface area contributed by atoms with Gasteiger partial charge in [-0.25, -0.2) is 14.5 Å². The molecule has 0 spiro atoms. The maximum atomic E-state index is 12.2. The highest BCUT2D eigenvalue weighted by atomic mass is 35.5. The molecule has 23 heavy (non-hydrogen) atoms. The van der Waals surface area contributed by atoms with Crippen LogP contribution < -0.4 is 5.32 Å². The lowest BCUT2D eigenvalue weighted by Gasteiger charge is -2.14. The van der Waals surface area contributed by atoms with Crippen molar-refractivity contribution in [2.75, 3.05) is 5.32 Å². The van der Waals surface area contributed by atoms with Crippen molar-refractivity contribution in [1.82, 2.24) is 14.8 Å². The summed E-state index contributed by atoms with van der Waals surface area (Å²) in [5.41, 5.74) is 0.647. The Morgan fingerprint density at radius 3 is 2.65 bits per heavy atom. The minimum Gasteiger partial charge on any atom is -0.459 e. The van der Waals surface area contributed by atoms with Crippen LogP contribution in [-0.2, 0) is 9.53 Å². The molecule has 8 heteroatoms. The van der Waals surface area contributed by atoms with Crippen molar-refractivity contribution in [2.45, 2.75) is 32.9 Å². The van der Waals surface area contributed by atoms with Crippen LogP contribution in [0.1, 0.15) is 37.2 Å². The van der Waals surface area contributed by atoms with Gasteiger partial charge in [-0.1, -0.05) is 11.6 Å². The summed E-state index contributed by atoms with van der Waals surface area (Å²) in [7, 11) is 0. The third-order valence-electron chi connectivity index (χ3n) is 3.01. The zero-order valence-corrected chi connectivity index (χ0v) is 13.7. The number of nitrogens with one attached hydrogen (secondary N) is 1. The predicted octanol–water partition coefficient (Wildman–Crippen LogP) is 2.70. The third kappa shape index (κ3) is 4.29. The maximum Gasteiger partial charge on any atom is 0.339 e. The van der Waals surface area contributed by atoms with Crippen molar-refractivity contribution in [3.05, 3.63) is 41.4 Å². The van der Waals surface area contributed by atoms with E-state index in [-0.39, 0.29) is 22.6 Å². The monoisotopic (exact) mass is 336 g/mol. The van der Waals surface area contributed by atoms with Gasteiger partial charge in [-0.05, 0) is 39.0 Å². The molecular formula is C15H17ClN4O3. The maximum absolute atomic E-state index is 12.2.